The van der Waals surface area contributed by atoms with Gasteiger partial charge in [0, 0.05) is 16.5 Å². The van der Waals surface area contributed by atoms with Crippen LogP contribution in [0.5, 0.6) is 0 Å². The van der Waals surface area contributed by atoms with Crippen molar-refractivity contribution in [2.75, 3.05) is 7.11 Å². The summed E-state index contributed by atoms with van der Waals surface area (Å²) in [5, 5.41) is 1.02. The molecule has 0 amide bonds. The average Bonchev–Trinajstić information content (AvgIpc) is 3.07. The summed E-state index contributed by atoms with van der Waals surface area (Å²) in [6, 6.07) is 25.3. The van der Waals surface area contributed by atoms with E-state index in [4.69, 9.17) is 9.15 Å². The molecule has 122 valence electrons. The number of hydrogen-bond donors (Lipinski definition) is 0. The summed E-state index contributed by atoms with van der Waals surface area (Å²) >= 11 is 0. The number of carbonyl (C=O) groups is 1. The molecule has 0 unspecified atom stereocenters. The van der Waals surface area contributed by atoms with Crippen LogP contribution in [0.2, 0.25) is 0 Å². The van der Waals surface area contributed by atoms with E-state index in [0.717, 1.165) is 33.4 Å². The van der Waals surface area contributed by atoms with Crippen molar-refractivity contribution in [2.24, 2.45) is 0 Å². The summed E-state index contributed by atoms with van der Waals surface area (Å²) < 4.78 is 11.0. The van der Waals surface area contributed by atoms with E-state index in [1.54, 1.807) is 6.07 Å². The zero-order chi connectivity index (χ0) is 17.2. The molecule has 0 fully saturated rings. The fourth-order valence-electron chi connectivity index (χ4n) is 3.04. The number of hydrogen-bond acceptors (Lipinski definition) is 3. The topological polar surface area (TPSA) is 39.4 Å². The van der Waals surface area contributed by atoms with Crippen LogP contribution in [0.3, 0.4) is 0 Å². The van der Waals surface area contributed by atoms with Crippen molar-refractivity contribution in [2.45, 2.75) is 0 Å². The fourth-order valence-corrected chi connectivity index (χ4v) is 3.04. The van der Waals surface area contributed by atoms with Gasteiger partial charge in [-0.2, -0.15) is 0 Å². The van der Waals surface area contributed by atoms with Gasteiger partial charge in [0.25, 0.3) is 0 Å². The van der Waals surface area contributed by atoms with Crippen LogP contribution in [0, 0.1) is 0 Å². The van der Waals surface area contributed by atoms with Gasteiger partial charge in [-0.1, -0.05) is 60.7 Å². The van der Waals surface area contributed by atoms with E-state index in [1.807, 2.05) is 72.8 Å². The van der Waals surface area contributed by atoms with Gasteiger partial charge in [0.2, 0.25) is 0 Å². The van der Waals surface area contributed by atoms with Gasteiger partial charge in [-0.25, -0.2) is 4.79 Å². The summed E-state index contributed by atoms with van der Waals surface area (Å²) in [6.45, 7) is 0. The van der Waals surface area contributed by atoms with Crippen LogP contribution in [-0.2, 0) is 4.74 Å². The van der Waals surface area contributed by atoms with Crippen molar-refractivity contribution in [1.29, 1.82) is 0 Å². The predicted octanol–water partition coefficient (Wildman–Crippen LogP) is 5.55. The minimum absolute atomic E-state index is 0.351. The lowest BCUT2D eigenvalue weighted by Crippen LogP contribution is -2.00. The number of ether oxygens (including phenoxy) is 1. The first kappa shape index (κ1) is 15.2. The Morgan fingerprint density at radius 2 is 1.56 bits per heavy atom. The zero-order valence-electron chi connectivity index (χ0n) is 13.7. The smallest absolute Gasteiger partial charge is 0.337 e. The Balaban J connectivity index is 1.99. The predicted molar refractivity (Wildman–Crippen MR) is 98.4 cm³/mol. The van der Waals surface area contributed by atoms with E-state index in [2.05, 4.69) is 0 Å². The van der Waals surface area contributed by atoms with Gasteiger partial charge in [-0.05, 0) is 23.8 Å². The van der Waals surface area contributed by atoms with Gasteiger partial charge < -0.3 is 9.15 Å². The highest BCUT2D eigenvalue weighted by molar-refractivity contribution is 6.02. The highest BCUT2D eigenvalue weighted by Crippen LogP contribution is 2.40. The lowest BCUT2D eigenvalue weighted by atomic mass is 9.97. The van der Waals surface area contributed by atoms with Crippen molar-refractivity contribution in [3.05, 3.63) is 84.4 Å². The van der Waals surface area contributed by atoms with Crippen LogP contribution in [0.1, 0.15) is 10.4 Å². The van der Waals surface area contributed by atoms with Crippen LogP contribution >= 0.6 is 0 Å². The molecule has 4 aromatic rings. The molecule has 0 bridgehead atoms. The van der Waals surface area contributed by atoms with E-state index < -0.39 is 0 Å². The fraction of sp³-hybridized carbons (Fsp3) is 0.0455. The van der Waals surface area contributed by atoms with Crippen molar-refractivity contribution >= 4 is 16.9 Å². The number of rotatable bonds is 3. The van der Waals surface area contributed by atoms with Crippen LogP contribution in [-0.4, -0.2) is 13.1 Å². The van der Waals surface area contributed by atoms with Crippen LogP contribution in [0.25, 0.3) is 33.4 Å². The third-order valence-corrected chi connectivity index (χ3v) is 4.20. The molecule has 0 N–H and O–H groups in total. The molecule has 0 aliphatic heterocycles. The standard InChI is InChI=1S/C22H16O3/c1-24-22(23)17-11-7-10-16(14-17)20-18-12-5-6-13-19(18)25-21(20)15-8-3-2-4-9-15/h2-14H,1H3. The minimum Gasteiger partial charge on any atom is -0.465 e. The number of para-hydroxylation sites is 1. The first-order valence-corrected chi connectivity index (χ1v) is 8.03. The molecular formula is C22H16O3. The Hall–Kier alpha value is -3.33. The molecule has 4 rings (SSSR count). The second-order valence-electron chi connectivity index (χ2n) is 5.74. The van der Waals surface area contributed by atoms with Crippen LogP contribution in [0.15, 0.2) is 83.3 Å². The molecule has 0 spiro atoms. The van der Waals surface area contributed by atoms with Gasteiger partial charge in [-0.15, -0.1) is 0 Å². The first-order chi connectivity index (χ1) is 12.3. The lowest BCUT2D eigenvalue weighted by molar-refractivity contribution is 0.0601. The maximum absolute atomic E-state index is 11.9. The number of carbonyl (C=O) groups excluding carboxylic acids is 1. The highest BCUT2D eigenvalue weighted by atomic mass is 16.5. The Bertz CT molecular complexity index is 1050. The Labute approximate surface area is 145 Å². The summed E-state index contributed by atoms with van der Waals surface area (Å²) in [6.07, 6.45) is 0. The van der Waals surface area contributed by atoms with Gasteiger partial charge >= 0.3 is 5.97 Å². The molecular weight excluding hydrogens is 312 g/mol. The third-order valence-electron chi connectivity index (χ3n) is 4.20. The minimum atomic E-state index is -0.351. The molecule has 3 nitrogen and oxygen atoms in total. The molecule has 1 aromatic heterocycles. The molecule has 3 heteroatoms. The molecule has 0 saturated heterocycles. The number of esters is 1. The monoisotopic (exact) mass is 328 g/mol. The van der Waals surface area contributed by atoms with E-state index in [-0.39, 0.29) is 5.97 Å². The zero-order valence-corrected chi connectivity index (χ0v) is 13.7. The molecule has 0 aliphatic carbocycles. The van der Waals surface area contributed by atoms with Crippen LogP contribution in [0.4, 0.5) is 0 Å². The average molecular weight is 328 g/mol. The Morgan fingerprint density at radius 1 is 0.840 bits per heavy atom. The number of fused-ring (bicyclic) bond motifs is 1. The van der Waals surface area contributed by atoms with Crippen LogP contribution < -0.4 is 0 Å². The number of benzene rings is 3. The molecule has 25 heavy (non-hydrogen) atoms. The largest absolute Gasteiger partial charge is 0.465 e. The number of methoxy groups -OCH3 is 1. The van der Waals surface area contributed by atoms with Gasteiger partial charge in [-0.3, -0.25) is 0 Å². The quantitative estimate of drug-likeness (QED) is 0.463. The van der Waals surface area contributed by atoms with E-state index in [1.165, 1.54) is 7.11 Å². The van der Waals surface area contributed by atoms with Crippen molar-refractivity contribution in [3.8, 4) is 22.5 Å². The summed E-state index contributed by atoms with van der Waals surface area (Å²) in [4.78, 5) is 11.9. The molecule has 3 aromatic carbocycles. The second-order valence-corrected chi connectivity index (χ2v) is 5.74. The van der Waals surface area contributed by atoms with E-state index in [9.17, 15) is 4.79 Å². The molecule has 1 heterocycles. The van der Waals surface area contributed by atoms with E-state index >= 15 is 0 Å². The SMILES string of the molecule is COC(=O)c1cccc(-c2c(-c3ccccc3)oc3ccccc23)c1. The first-order valence-electron chi connectivity index (χ1n) is 8.03. The summed E-state index contributed by atoms with van der Waals surface area (Å²) in [5.41, 5.74) is 4.24. The maximum atomic E-state index is 11.9. The second kappa shape index (κ2) is 6.29. The number of furan rings is 1. The van der Waals surface area contributed by atoms with Gasteiger partial charge in [0.1, 0.15) is 11.3 Å². The van der Waals surface area contributed by atoms with Crippen molar-refractivity contribution < 1.29 is 13.9 Å². The molecule has 0 aliphatic rings. The summed E-state index contributed by atoms with van der Waals surface area (Å²) in [5.74, 6) is 0.444. The summed E-state index contributed by atoms with van der Waals surface area (Å²) in [7, 11) is 1.39. The molecule has 0 atom stereocenters. The third kappa shape index (κ3) is 2.70. The van der Waals surface area contributed by atoms with Crippen molar-refractivity contribution in [1.82, 2.24) is 0 Å². The Morgan fingerprint density at radius 3 is 2.36 bits per heavy atom. The lowest BCUT2D eigenvalue weighted by Gasteiger charge is -2.06. The highest BCUT2D eigenvalue weighted by Gasteiger charge is 2.18. The van der Waals surface area contributed by atoms with E-state index in [0.29, 0.717) is 5.56 Å². The normalized spacial score (nSPS) is 10.8. The molecule has 0 radical (unpaired) electrons. The Kier molecular flexibility index (Phi) is 3.82. The van der Waals surface area contributed by atoms with Gasteiger partial charge in [0.15, 0.2) is 0 Å². The maximum Gasteiger partial charge on any atom is 0.337 e. The molecule has 0 saturated carbocycles. The van der Waals surface area contributed by atoms with Crippen molar-refractivity contribution in [3.63, 3.8) is 0 Å². The van der Waals surface area contributed by atoms with Gasteiger partial charge in [0.05, 0.1) is 12.7 Å².